The molecule has 3 rings (SSSR count). The molecule has 0 N–H and O–H groups in total. The van der Waals surface area contributed by atoms with Gasteiger partial charge in [-0.05, 0) is 32.6 Å². The Bertz CT molecular complexity index is 609. The fraction of sp³-hybridized carbons (Fsp3) is 0.571. The van der Waals surface area contributed by atoms with E-state index in [4.69, 9.17) is 23.2 Å². The Morgan fingerprint density at radius 3 is 2.68 bits per heavy atom. The molecular weight excluding hydrogens is 281 g/mol. The van der Waals surface area contributed by atoms with E-state index in [1.807, 2.05) is 6.92 Å². The van der Waals surface area contributed by atoms with E-state index in [1.165, 1.54) is 19.3 Å². The van der Waals surface area contributed by atoms with Crippen LogP contribution in [0.4, 0.5) is 0 Å². The first-order valence-electron chi connectivity index (χ1n) is 6.75. The second kappa shape index (κ2) is 4.64. The first kappa shape index (κ1) is 13.2. The minimum Gasteiger partial charge on any atom is -0.319 e. The highest BCUT2D eigenvalue weighted by molar-refractivity contribution is 6.34. The van der Waals surface area contributed by atoms with Gasteiger partial charge >= 0.3 is 0 Å². The monoisotopic (exact) mass is 297 g/mol. The SMILES string of the molecule is CCC1(n2c(C(C)Cl)nc3cncc(Cl)c32)CCC1. The number of fused-ring (bicyclic) bond motifs is 1. The molecule has 2 aromatic heterocycles. The maximum atomic E-state index is 6.36. The molecular formula is C14H17Cl2N3. The summed E-state index contributed by atoms with van der Waals surface area (Å²) in [5, 5.41) is 0.529. The summed E-state index contributed by atoms with van der Waals surface area (Å²) >= 11 is 12.7. The molecule has 102 valence electrons. The molecule has 19 heavy (non-hydrogen) atoms. The topological polar surface area (TPSA) is 30.7 Å². The average Bonchev–Trinajstić information content (AvgIpc) is 2.70. The maximum absolute atomic E-state index is 6.36. The lowest BCUT2D eigenvalue weighted by Crippen LogP contribution is -2.41. The predicted molar refractivity (Wildman–Crippen MR) is 78.9 cm³/mol. The fourth-order valence-electron chi connectivity index (χ4n) is 3.08. The number of nitrogens with zero attached hydrogens (tertiary/aromatic N) is 3. The van der Waals surface area contributed by atoms with Gasteiger partial charge in [0, 0.05) is 11.7 Å². The van der Waals surface area contributed by atoms with Crippen LogP contribution in [0.15, 0.2) is 12.4 Å². The Kier molecular flexibility index (Phi) is 3.22. The molecule has 2 heterocycles. The molecule has 5 heteroatoms. The van der Waals surface area contributed by atoms with Crippen LogP contribution in [0, 0.1) is 0 Å². The first-order chi connectivity index (χ1) is 9.09. The van der Waals surface area contributed by atoms with Gasteiger partial charge in [0.05, 0.1) is 22.1 Å². The van der Waals surface area contributed by atoms with Crippen LogP contribution in [0.25, 0.3) is 11.0 Å². The summed E-state index contributed by atoms with van der Waals surface area (Å²) in [5.74, 6) is 0.910. The minimum atomic E-state index is -0.132. The number of hydrogen-bond donors (Lipinski definition) is 0. The number of hydrogen-bond acceptors (Lipinski definition) is 2. The van der Waals surface area contributed by atoms with E-state index in [1.54, 1.807) is 12.4 Å². The lowest BCUT2D eigenvalue weighted by Gasteiger charge is -2.44. The standard InChI is InChI=1S/C14H17Cl2N3/c1-3-14(5-4-6-14)19-12-10(16)7-17-8-11(12)18-13(19)9(2)15/h7-9H,3-6H2,1-2H3. The van der Waals surface area contributed by atoms with Crippen molar-refractivity contribution in [2.45, 2.75) is 50.4 Å². The molecule has 0 saturated heterocycles. The van der Waals surface area contributed by atoms with Crippen LogP contribution < -0.4 is 0 Å². The number of alkyl halides is 1. The van der Waals surface area contributed by atoms with E-state index >= 15 is 0 Å². The van der Waals surface area contributed by atoms with Crippen molar-refractivity contribution in [3.63, 3.8) is 0 Å². The van der Waals surface area contributed by atoms with E-state index in [0.717, 1.165) is 23.3 Å². The molecule has 0 aromatic carbocycles. The highest BCUT2D eigenvalue weighted by Gasteiger charge is 2.40. The van der Waals surface area contributed by atoms with Gasteiger partial charge in [-0.15, -0.1) is 11.6 Å². The molecule has 1 aliphatic rings. The summed E-state index contributed by atoms with van der Waals surface area (Å²) in [5.41, 5.74) is 1.97. The van der Waals surface area contributed by atoms with Crippen LogP contribution in [0.1, 0.15) is 50.7 Å². The lowest BCUT2D eigenvalue weighted by molar-refractivity contribution is 0.137. The smallest absolute Gasteiger partial charge is 0.128 e. The van der Waals surface area contributed by atoms with Gasteiger partial charge in [0.25, 0.3) is 0 Å². The zero-order valence-electron chi connectivity index (χ0n) is 11.2. The first-order valence-corrected chi connectivity index (χ1v) is 7.57. The van der Waals surface area contributed by atoms with Gasteiger partial charge in [-0.25, -0.2) is 4.98 Å². The van der Waals surface area contributed by atoms with Gasteiger partial charge in [0.1, 0.15) is 11.3 Å². The molecule has 0 aliphatic heterocycles. The van der Waals surface area contributed by atoms with Crippen LogP contribution in [0.5, 0.6) is 0 Å². The van der Waals surface area contributed by atoms with Crippen molar-refractivity contribution in [2.75, 3.05) is 0 Å². The molecule has 0 bridgehead atoms. The largest absolute Gasteiger partial charge is 0.319 e. The van der Waals surface area contributed by atoms with E-state index in [0.29, 0.717) is 5.02 Å². The predicted octanol–water partition coefficient (Wildman–Crippen LogP) is 4.67. The Morgan fingerprint density at radius 1 is 1.42 bits per heavy atom. The van der Waals surface area contributed by atoms with Crippen molar-refractivity contribution < 1.29 is 0 Å². The van der Waals surface area contributed by atoms with Crippen LogP contribution in [-0.4, -0.2) is 14.5 Å². The molecule has 1 unspecified atom stereocenters. The van der Waals surface area contributed by atoms with Crippen molar-refractivity contribution >= 4 is 34.2 Å². The summed E-state index contributed by atoms with van der Waals surface area (Å²) in [7, 11) is 0. The van der Waals surface area contributed by atoms with Crippen molar-refractivity contribution in [1.29, 1.82) is 0 Å². The number of halogens is 2. The molecule has 1 fully saturated rings. The van der Waals surface area contributed by atoms with E-state index in [9.17, 15) is 0 Å². The van der Waals surface area contributed by atoms with Crippen molar-refractivity contribution in [3.05, 3.63) is 23.2 Å². The molecule has 1 aliphatic carbocycles. The zero-order chi connectivity index (χ0) is 13.6. The normalized spacial score (nSPS) is 19.4. The quantitative estimate of drug-likeness (QED) is 0.771. The molecule has 2 aromatic rings. The second-order valence-electron chi connectivity index (χ2n) is 5.34. The molecule has 1 atom stereocenters. The highest BCUT2D eigenvalue weighted by atomic mass is 35.5. The average molecular weight is 298 g/mol. The number of aromatic nitrogens is 3. The summed E-state index contributed by atoms with van der Waals surface area (Å²) in [6, 6.07) is 0. The number of imidazole rings is 1. The van der Waals surface area contributed by atoms with Crippen molar-refractivity contribution in [3.8, 4) is 0 Å². The fourth-order valence-corrected chi connectivity index (χ4v) is 3.46. The second-order valence-corrected chi connectivity index (χ2v) is 6.40. The van der Waals surface area contributed by atoms with Gasteiger partial charge in [-0.2, -0.15) is 0 Å². The van der Waals surface area contributed by atoms with Gasteiger partial charge in [-0.3, -0.25) is 4.98 Å². The Hall–Kier alpha value is -0.800. The zero-order valence-corrected chi connectivity index (χ0v) is 12.7. The molecule has 1 saturated carbocycles. The third-order valence-electron chi connectivity index (χ3n) is 4.31. The Balaban J connectivity index is 2.33. The molecule has 0 amide bonds. The molecule has 3 nitrogen and oxygen atoms in total. The van der Waals surface area contributed by atoms with E-state index in [2.05, 4.69) is 21.5 Å². The molecule has 0 radical (unpaired) electrons. The van der Waals surface area contributed by atoms with Crippen molar-refractivity contribution in [2.24, 2.45) is 0 Å². The van der Waals surface area contributed by atoms with Gasteiger partial charge in [-0.1, -0.05) is 18.5 Å². The lowest BCUT2D eigenvalue weighted by atomic mass is 9.74. The van der Waals surface area contributed by atoms with Gasteiger partial charge < -0.3 is 4.57 Å². The summed E-state index contributed by atoms with van der Waals surface area (Å²) < 4.78 is 2.29. The van der Waals surface area contributed by atoms with Crippen molar-refractivity contribution in [1.82, 2.24) is 14.5 Å². The third-order valence-corrected chi connectivity index (χ3v) is 4.79. The summed E-state index contributed by atoms with van der Waals surface area (Å²) in [4.78, 5) is 8.78. The van der Waals surface area contributed by atoms with Crippen LogP contribution in [-0.2, 0) is 5.54 Å². The minimum absolute atomic E-state index is 0.132. The maximum Gasteiger partial charge on any atom is 0.128 e. The van der Waals surface area contributed by atoms with Crippen LogP contribution >= 0.6 is 23.2 Å². The summed E-state index contributed by atoms with van der Waals surface area (Å²) in [6.45, 7) is 4.19. The number of rotatable bonds is 3. The van der Waals surface area contributed by atoms with Crippen LogP contribution in [0.3, 0.4) is 0 Å². The Labute approximate surface area is 122 Å². The Morgan fingerprint density at radius 2 is 2.16 bits per heavy atom. The van der Waals surface area contributed by atoms with Gasteiger partial charge in [0.2, 0.25) is 0 Å². The van der Waals surface area contributed by atoms with E-state index < -0.39 is 0 Å². The van der Waals surface area contributed by atoms with Crippen LogP contribution in [0.2, 0.25) is 5.02 Å². The number of pyridine rings is 1. The summed E-state index contributed by atoms with van der Waals surface area (Å²) in [6.07, 6.45) is 8.13. The van der Waals surface area contributed by atoms with Gasteiger partial charge in [0.15, 0.2) is 0 Å². The highest BCUT2D eigenvalue weighted by Crippen LogP contribution is 2.46. The molecule has 0 spiro atoms. The third kappa shape index (κ3) is 1.86. The van der Waals surface area contributed by atoms with E-state index in [-0.39, 0.29) is 10.9 Å².